The van der Waals surface area contributed by atoms with Gasteiger partial charge in [-0.15, -0.1) is 0 Å². The quantitative estimate of drug-likeness (QED) is 0.805. The number of nitrogens with zero attached hydrogens (tertiary/aromatic N) is 2. The normalized spacial score (nSPS) is 36.5. The highest BCUT2D eigenvalue weighted by Gasteiger charge is 2.33. The van der Waals surface area contributed by atoms with Gasteiger partial charge in [0.05, 0.1) is 5.25 Å². The van der Waals surface area contributed by atoms with Crippen LogP contribution in [0.5, 0.6) is 0 Å². The highest BCUT2D eigenvalue weighted by Crippen LogP contribution is 2.23. The number of nitrogens with one attached hydrogen (secondary N) is 1. The molecule has 0 spiro atoms. The van der Waals surface area contributed by atoms with Crippen molar-refractivity contribution in [3.05, 3.63) is 0 Å². The number of piperazine rings is 3. The molecule has 1 saturated carbocycles. The van der Waals surface area contributed by atoms with Gasteiger partial charge in [0.2, 0.25) is 10.0 Å². The number of rotatable bonds is 4. The van der Waals surface area contributed by atoms with Crippen LogP contribution in [-0.4, -0.2) is 68.8 Å². The van der Waals surface area contributed by atoms with E-state index in [0.717, 1.165) is 58.4 Å². The summed E-state index contributed by atoms with van der Waals surface area (Å²) in [7, 11) is -3.09. The second-order valence-corrected chi connectivity index (χ2v) is 8.19. The summed E-state index contributed by atoms with van der Waals surface area (Å²) in [4.78, 5) is 4.88. The van der Waals surface area contributed by atoms with Crippen LogP contribution in [0.2, 0.25) is 0 Å². The zero-order valence-electron chi connectivity index (χ0n) is 11.6. The largest absolute Gasteiger partial charge is 0.299 e. The number of fused-ring (bicyclic) bond motifs is 3. The number of hydrogen-bond donors (Lipinski definition) is 1. The van der Waals surface area contributed by atoms with Crippen molar-refractivity contribution in [2.75, 3.05) is 39.3 Å². The average Bonchev–Trinajstić information content (AvgIpc) is 2.47. The summed E-state index contributed by atoms with van der Waals surface area (Å²) in [5.74, 6) is 0. The van der Waals surface area contributed by atoms with Crippen molar-refractivity contribution < 1.29 is 8.42 Å². The molecule has 4 aliphatic rings. The van der Waals surface area contributed by atoms with E-state index >= 15 is 0 Å². The lowest BCUT2D eigenvalue weighted by atomic mass is 10.0. The molecule has 1 aliphatic carbocycles. The van der Waals surface area contributed by atoms with Gasteiger partial charge in [-0.1, -0.05) is 19.3 Å². The summed E-state index contributed by atoms with van der Waals surface area (Å²) in [6.07, 6.45) is 5.01. The molecule has 0 amide bonds. The smallest absolute Gasteiger partial charge is 0.214 e. The maximum atomic E-state index is 12.3. The molecule has 0 aromatic heterocycles. The second-order valence-electron chi connectivity index (χ2n) is 6.14. The molecule has 5 nitrogen and oxygen atoms in total. The Hall–Kier alpha value is -0.170. The van der Waals surface area contributed by atoms with Crippen LogP contribution in [0, 0.1) is 0 Å². The van der Waals surface area contributed by atoms with Gasteiger partial charge in [0, 0.05) is 45.3 Å². The van der Waals surface area contributed by atoms with Crippen molar-refractivity contribution in [3.8, 4) is 0 Å². The fourth-order valence-electron chi connectivity index (χ4n) is 3.62. The van der Waals surface area contributed by atoms with Crippen molar-refractivity contribution in [3.63, 3.8) is 0 Å². The van der Waals surface area contributed by atoms with E-state index in [9.17, 15) is 8.42 Å². The van der Waals surface area contributed by atoms with Gasteiger partial charge in [0.1, 0.15) is 0 Å². The Bertz CT molecular complexity index is 398. The molecule has 6 heteroatoms. The van der Waals surface area contributed by atoms with E-state index < -0.39 is 10.0 Å². The van der Waals surface area contributed by atoms with E-state index in [1.54, 1.807) is 0 Å². The van der Waals surface area contributed by atoms with E-state index in [1.165, 1.54) is 6.42 Å². The molecular weight excluding hydrogens is 262 g/mol. The summed E-state index contributed by atoms with van der Waals surface area (Å²) in [6, 6.07) is 0.376. The van der Waals surface area contributed by atoms with E-state index in [-0.39, 0.29) is 5.25 Å². The number of hydrogen-bond acceptors (Lipinski definition) is 4. The third-order valence-corrected chi connectivity index (χ3v) is 6.82. The van der Waals surface area contributed by atoms with Gasteiger partial charge in [-0.3, -0.25) is 9.80 Å². The summed E-state index contributed by atoms with van der Waals surface area (Å²) in [6.45, 7) is 6.09. The first-order chi connectivity index (χ1) is 9.15. The summed E-state index contributed by atoms with van der Waals surface area (Å²) >= 11 is 0. The molecule has 110 valence electrons. The van der Waals surface area contributed by atoms with Crippen LogP contribution in [0.1, 0.15) is 32.1 Å². The van der Waals surface area contributed by atoms with Crippen LogP contribution in [-0.2, 0) is 10.0 Å². The number of sulfonamides is 1. The minimum Gasteiger partial charge on any atom is -0.299 e. The fraction of sp³-hybridized carbons (Fsp3) is 1.00. The minimum atomic E-state index is -3.09. The van der Waals surface area contributed by atoms with Gasteiger partial charge < -0.3 is 0 Å². The second kappa shape index (κ2) is 5.68. The van der Waals surface area contributed by atoms with Gasteiger partial charge in [0.15, 0.2) is 0 Å². The van der Waals surface area contributed by atoms with Crippen molar-refractivity contribution in [1.29, 1.82) is 0 Å². The lowest BCUT2D eigenvalue weighted by Gasteiger charge is -2.47. The van der Waals surface area contributed by atoms with Gasteiger partial charge in [-0.25, -0.2) is 13.1 Å². The predicted octanol–water partition coefficient (Wildman–Crippen LogP) is 0.238. The topological polar surface area (TPSA) is 52.7 Å². The Kier molecular flexibility index (Phi) is 4.12. The monoisotopic (exact) mass is 287 g/mol. The molecule has 2 bridgehead atoms. The average molecular weight is 287 g/mol. The highest BCUT2D eigenvalue weighted by molar-refractivity contribution is 7.90. The maximum Gasteiger partial charge on any atom is 0.214 e. The van der Waals surface area contributed by atoms with Gasteiger partial charge in [-0.05, 0) is 12.8 Å². The van der Waals surface area contributed by atoms with Gasteiger partial charge >= 0.3 is 0 Å². The Labute approximate surface area is 116 Å². The SMILES string of the molecule is O=S(=O)(NCC1CN2CCN1CC2)C1CCCCC1. The predicted molar refractivity (Wildman–Crippen MR) is 75.6 cm³/mol. The van der Waals surface area contributed by atoms with Crippen LogP contribution in [0.25, 0.3) is 0 Å². The molecule has 19 heavy (non-hydrogen) atoms. The zero-order valence-corrected chi connectivity index (χ0v) is 12.4. The fourth-order valence-corrected chi connectivity index (χ4v) is 5.24. The van der Waals surface area contributed by atoms with Crippen LogP contribution >= 0.6 is 0 Å². The van der Waals surface area contributed by atoms with Gasteiger partial charge in [-0.2, -0.15) is 0 Å². The maximum absolute atomic E-state index is 12.3. The summed E-state index contributed by atoms with van der Waals surface area (Å²) in [5, 5.41) is -0.141. The van der Waals surface area contributed by atoms with Crippen molar-refractivity contribution >= 4 is 10.0 Å². The Balaban J connectivity index is 1.53. The Morgan fingerprint density at radius 2 is 1.68 bits per heavy atom. The summed E-state index contributed by atoms with van der Waals surface area (Å²) in [5.41, 5.74) is 0. The third-order valence-electron chi connectivity index (χ3n) is 4.90. The van der Waals surface area contributed by atoms with Crippen LogP contribution < -0.4 is 4.72 Å². The molecule has 3 saturated heterocycles. The van der Waals surface area contributed by atoms with Crippen LogP contribution in [0.4, 0.5) is 0 Å². The van der Waals surface area contributed by atoms with Crippen molar-refractivity contribution in [1.82, 2.24) is 14.5 Å². The standard InChI is InChI=1S/C13H25N3O2S/c17-19(18,13-4-2-1-3-5-13)14-10-12-11-15-6-8-16(12)9-7-15/h12-14H,1-11H2. The van der Waals surface area contributed by atoms with Gasteiger partial charge in [0.25, 0.3) is 0 Å². The van der Waals surface area contributed by atoms with Crippen molar-refractivity contribution in [2.24, 2.45) is 0 Å². The molecule has 3 heterocycles. The van der Waals surface area contributed by atoms with E-state index in [1.807, 2.05) is 0 Å². The first-order valence-electron chi connectivity index (χ1n) is 7.60. The molecular formula is C13H25N3O2S. The highest BCUT2D eigenvalue weighted by atomic mass is 32.2. The lowest BCUT2D eigenvalue weighted by Crippen LogP contribution is -2.63. The minimum absolute atomic E-state index is 0.141. The molecule has 4 fully saturated rings. The van der Waals surface area contributed by atoms with E-state index in [4.69, 9.17) is 0 Å². The first kappa shape index (κ1) is 13.8. The van der Waals surface area contributed by atoms with E-state index in [2.05, 4.69) is 14.5 Å². The lowest BCUT2D eigenvalue weighted by molar-refractivity contribution is 0.0158. The van der Waals surface area contributed by atoms with Crippen molar-refractivity contribution in [2.45, 2.75) is 43.4 Å². The first-order valence-corrected chi connectivity index (χ1v) is 9.15. The zero-order chi connectivity index (χ0) is 13.3. The molecule has 3 aliphatic heterocycles. The summed E-state index contributed by atoms with van der Waals surface area (Å²) < 4.78 is 27.5. The van der Waals surface area contributed by atoms with E-state index in [0.29, 0.717) is 12.6 Å². The third kappa shape index (κ3) is 3.12. The van der Waals surface area contributed by atoms with Crippen LogP contribution in [0.3, 0.4) is 0 Å². The molecule has 1 atom stereocenters. The van der Waals surface area contributed by atoms with Crippen LogP contribution in [0.15, 0.2) is 0 Å². The molecule has 0 radical (unpaired) electrons. The molecule has 1 unspecified atom stereocenters. The Morgan fingerprint density at radius 1 is 1.00 bits per heavy atom. The molecule has 1 N–H and O–H groups in total. The Morgan fingerprint density at radius 3 is 2.26 bits per heavy atom. The molecule has 4 rings (SSSR count). The molecule has 0 aromatic rings. The molecule has 0 aromatic carbocycles.